The number of hydrogen-bond acceptors (Lipinski definition) is 3. The Hall–Kier alpha value is 0.0700. The summed E-state index contributed by atoms with van der Waals surface area (Å²) in [6.07, 6.45) is 7.48. The van der Waals surface area contributed by atoms with Gasteiger partial charge in [0.05, 0.1) is 0 Å². The van der Waals surface area contributed by atoms with E-state index in [0.717, 1.165) is 44.1 Å². The molecule has 1 heterocycles. The van der Waals surface area contributed by atoms with Gasteiger partial charge in [-0.2, -0.15) is 11.8 Å². The van der Waals surface area contributed by atoms with Crippen molar-refractivity contribution < 1.29 is 4.79 Å². The first-order valence-electron chi connectivity index (χ1n) is 6.29. The summed E-state index contributed by atoms with van der Waals surface area (Å²) >= 11 is 1.80. The zero-order chi connectivity index (χ0) is 11.6. The Balaban J connectivity index is 0.00000256. The second-order valence-electron chi connectivity index (χ2n) is 4.45. The highest BCUT2D eigenvalue weighted by molar-refractivity contribution is 7.98. The number of halogens is 1. The highest BCUT2D eigenvalue weighted by Crippen LogP contribution is 2.12. The van der Waals surface area contributed by atoms with Crippen LogP contribution in [0.4, 0.5) is 0 Å². The highest BCUT2D eigenvalue weighted by atomic mass is 35.5. The van der Waals surface area contributed by atoms with Gasteiger partial charge in [-0.15, -0.1) is 12.4 Å². The predicted octanol–water partition coefficient (Wildman–Crippen LogP) is 2.06. The molecule has 2 N–H and O–H groups in total. The van der Waals surface area contributed by atoms with Crippen LogP contribution in [0.15, 0.2) is 0 Å². The van der Waals surface area contributed by atoms with Crippen LogP contribution in [0.2, 0.25) is 0 Å². The maximum Gasteiger partial charge on any atom is 0.220 e. The molecule has 1 saturated heterocycles. The molecule has 0 aromatic rings. The smallest absolute Gasteiger partial charge is 0.220 e. The van der Waals surface area contributed by atoms with Crippen LogP contribution in [0.3, 0.4) is 0 Å². The number of amides is 1. The fourth-order valence-electron chi connectivity index (χ4n) is 2.05. The standard InChI is InChI=1S/C12H24N2OS.ClH/c1-16-9-3-5-12(15)14-8-6-11-4-2-7-13-10-11;/h11,13H,2-10H2,1H3,(H,14,15);1H. The van der Waals surface area contributed by atoms with Gasteiger partial charge in [-0.1, -0.05) is 0 Å². The summed E-state index contributed by atoms with van der Waals surface area (Å²) in [5, 5.41) is 6.41. The highest BCUT2D eigenvalue weighted by Gasteiger charge is 2.12. The third-order valence-electron chi connectivity index (χ3n) is 3.03. The van der Waals surface area contributed by atoms with Crippen molar-refractivity contribution in [3.63, 3.8) is 0 Å². The molecule has 1 amide bonds. The minimum Gasteiger partial charge on any atom is -0.356 e. The third-order valence-corrected chi connectivity index (χ3v) is 3.72. The monoisotopic (exact) mass is 280 g/mol. The Morgan fingerprint density at radius 3 is 3.00 bits per heavy atom. The van der Waals surface area contributed by atoms with E-state index in [4.69, 9.17) is 0 Å². The Labute approximate surface area is 115 Å². The van der Waals surface area contributed by atoms with E-state index in [1.807, 2.05) is 0 Å². The lowest BCUT2D eigenvalue weighted by atomic mass is 9.96. The summed E-state index contributed by atoms with van der Waals surface area (Å²) in [5.74, 6) is 2.07. The van der Waals surface area contributed by atoms with E-state index in [1.165, 1.54) is 12.8 Å². The molecule has 1 unspecified atom stereocenters. The quantitative estimate of drug-likeness (QED) is 0.702. The van der Waals surface area contributed by atoms with Crippen molar-refractivity contribution in [1.29, 1.82) is 0 Å². The van der Waals surface area contributed by atoms with E-state index in [2.05, 4.69) is 16.9 Å². The van der Waals surface area contributed by atoms with Gasteiger partial charge in [0, 0.05) is 13.0 Å². The molecule has 102 valence electrons. The molecule has 1 aliphatic heterocycles. The number of rotatable bonds is 7. The summed E-state index contributed by atoms with van der Waals surface area (Å²) in [6.45, 7) is 3.14. The van der Waals surface area contributed by atoms with Crippen molar-refractivity contribution in [2.24, 2.45) is 5.92 Å². The third kappa shape index (κ3) is 8.75. The number of piperidine rings is 1. The Morgan fingerprint density at radius 2 is 2.35 bits per heavy atom. The lowest BCUT2D eigenvalue weighted by Gasteiger charge is -2.22. The molecule has 0 spiro atoms. The molecule has 3 nitrogen and oxygen atoms in total. The molecule has 0 bridgehead atoms. The van der Waals surface area contributed by atoms with E-state index >= 15 is 0 Å². The molecule has 1 rings (SSSR count). The van der Waals surface area contributed by atoms with Crippen LogP contribution in [0, 0.1) is 5.92 Å². The molecular formula is C12H25ClN2OS. The molecular weight excluding hydrogens is 256 g/mol. The lowest BCUT2D eigenvalue weighted by Crippen LogP contribution is -2.33. The molecule has 1 fully saturated rings. The fourth-order valence-corrected chi connectivity index (χ4v) is 2.48. The van der Waals surface area contributed by atoms with Crippen molar-refractivity contribution in [1.82, 2.24) is 10.6 Å². The zero-order valence-corrected chi connectivity index (χ0v) is 12.3. The normalized spacial score (nSPS) is 19.5. The molecule has 1 aliphatic rings. The lowest BCUT2D eigenvalue weighted by molar-refractivity contribution is -0.121. The van der Waals surface area contributed by atoms with Crippen molar-refractivity contribution in [3.8, 4) is 0 Å². The molecule has 5 heteroatoms. The van der Waals surface area contributed by atoms with Gasteiger partial charge >= 0.3 is 0 Å². The minimum absolute atomic E-state index is 0. The summed E-state index contributed by atoms with van der Waals surface area (Å²) in [4.78, 5) is 11.4. The predicted molar refractivity (Wildman–Crippen MR) is 78.1 cm³/mol. The van der Waals surface area contributed by atoms with Crippen LogP contribution < -0.4 is 10.6 Å². The summed E-state index contributed by atoms with van der Waals surface area (Å²) in [7, 11) is 0. The van der Waals surface area contributed by atoms with Crippen molar-refractivity contribution in [2.75, 3.05) is 31.6 Å². The Kier molecular flexibility index (Phi) is 11.2. The van der Waals surface area contributed by atoms with Gasteiger partial charge in [-0.25, -0.2) is 0 Å². The average molecular weight is 281 g/mol. The summed E-state index contributed by atoms with van der Waals surface area (Å²) in [5.41, 5.74) is 0. The maximum absolute atomic E-state index is 11.4. The second-order valence-corrected chi connectivity index (χ2v) is 5.43. The Morgan fingerprint density at radius 1 is 1.53 bits per heavy atom. The molecule has 0 aromatic carbocycles. The molecule has 17 heavy (non-hydrogen) atoms. The van der Waals surface area contributed by atoms with Gasteiger partial charge < -0.3 is 10.6 Å². The number of nitrogens with one attached hydrogen (secondary N) is 2. The van der Waals surface area contributed by atoms with Crippen LogP contribution in [0.25, 0.3) is 0 Å². The average Bonchev–Trinajstić information content (AvgIpc) is 2.31. The Bertz CT molecular complexity index is 199. The van der Waals surface area contributed by atoms with Gasteiger partial charge in [0.2, 0.25) is 5.91 Å². The van der Waals surface area contributed by atoms with Crippen LogP contribution in [-0.2, 0) is 4.79 Å². The molecule has 0 saturated carbocycles. The van der Waals surface area contributed by atoms with E-state index < -0.39 is 0 Å². The first-order chi connectivity index (χ1) is 7.83. The molecule has 1 atom stereocenters. The van der Waals surface area contributed by atoms with Crippen molar-refractivity contribution >= 4 is 30.1 Å². The van der Waals surface area contributed by atoms with Gasteiger partial charge in [0.25, 0.3) is 0 Å². The molecule has 0 radical (unpaired) electrons. The van der Waals surface area contributed by atoms with E-state index in [-0.39, 0.29) is 18.3 Å². The first-order valence-corrected chi connectivity index (χ1v) is 7.68. The summed E-state index contributed by atoms with van der Waals surface area (Å²) in [6, 6.07) is 0. The zero-order valence-electron chi connectivity index (χ0n) is 10.7. The molecule has 0 aliphatic carbocycles. The largest absolute Gasteiger partial charge is 0.356 e. The van der Waals surface area contributed by atoms with Crippen LogP contribution in [0.5, 0.6) is 0 Å². The molecule has 0 aromatic heterocycles. The number of carbonyl (C=O) groups is 1. The van der Waals surface area contributed by atoms with Crippen molar-refractivity contribution in [2.45, 2.75) is 32.1 Å². The van der Waals surface area contributed by atoms with E-state index in [9.17, 15) is 4.79 Å². The van der Waals surface area contributed by atoms with E-state index in [0.29, 0.717) is 6.42 Å². The fraction of sp³-hybridized carbons (Fsp3) is 0.917. The second kappa shape index (κ2) is 11.2. The van der Waals surface area contributed by atoms with Crippen LogP contribution in [-0.4, -0.2) is 37.6 Å². The topological polar surface area (TPSA) is 41.1 Å². The number of thioether (sulfide) groups is 1. The van der Waals surface area contributed by atoms with Gasteiger partial charge in [-0.3, -0.25) is 4.79 Å². The summed E-state index contributed by atoms with van der Waals surface area (Å²) < 4.78 is 0. The SMILES string of the molecule is CSCCCC(=O)NCCC1CCCNC1.Cl. The number of hydrogen-bond donors (Lipinski definition) is 2. The van der Waals surface area contributed by atoms with Crippen LogP contribution >= 0.6 is 24.2 Å². The van der Waals surface area contributed by atoms with Crippen molar-refractivity contribution in [3.05, 3.63) is 0 Å². The van der Waals surface area contributed by atoms with E-state index in [1.54, 1.807) is 11.8 Å². The number of carbonyl (C=O) groups excluding carboxylic acids is 1. The maximum atomic E-state index is 11.4. The van der Waals surface area contributed by atoms with Gasteiger partial charge in [-0.05, 0) is 56.7 Å². The first kappa shape index (κ1) is 17.1. The van der Waals surface area contributed by atoms with Crippen LogP contribution in [0.1, 0.15) is 32.1 Å². The van der Waals surface area contributed by atoms with Gasteiger partial charge in [0.1, 0.15) is 0 Å². The van der Waals surface area contributed by atoms with Gasteiger partial charge in [0.15, 0.2) is 0 Å². The minimum atomic E-state index is 0.